The molecule has 134 valence electrons. The van der Waals surface area contributed by atoms with Gasteiger partial charge in [-0.2, -0.15) is 5.10 Å². The van der Waals surface area contributed by atoms with Crippen LogP contribution in [0.25, 0.3) is 0 Å². The molecule has 1 aliphatic rings. The highest BCUT2D eigenvalue weighted by molar-refractivity contribution is 5.80. The number of hydrogen-bond donors (Lipinski definition) is 0. The van der Waals surface area contributed by atoms with Crippen molar-refractivity contribution in [3.8, 4) is 11.5 Å². The van der Waals surface area contributed by atoms with Gasteiger partial charge >= 0.3 is 0 Å². The van der Waals surface area contributed by atoms with E-state index in [-0.39, 0.29) is 18.1 Å². The lowest BCUT2D eigenvalue weighted by atomic mass is 10.1. The number of rotatable bonds is 6. The van der Waals surface area contributed by atoms with Crippen LogP contribution in [-0.4, -0.2) is 46.9 Å². The first kappa shape index (κ1) is 17.3. The van der Waals surface area contributed by atoms with E-state index in [1.54, 1.807) is 18.0 Å². The molecule has 1 aromatic carbocycles. The molecule has 1 amide bonds. The minimum absolute atomic E-state index is 0.102. The van der Waals surface area contributed by atoms with Crippen molar-refractivity contribution in [2.75, 3.05) is 20.2 Å². The van der Waals surface area contributed by atoms with Crippen LogP contribution in [0.5, 0.6) is 11.5 Å². The van der Waals surface area contributed by atoms with Crippen LogP contribution < -0.4 is 9.47 Å². The fraction of sp³-hybridized carbons (Fsp3) is 0.474. The van der Waals surface area contributed by atoms with Crippen molar-refractivity contribution in [3.05, 3.63) is 42.7 Å². The highest BCUT2D eigenvalue weighted by atomic mass is 16.5. The maximum absolute atomic E-state index is 12.8. The molecule has 1 saturated heterocycles. The number of benzene rings is 1. The van der Waals surface area contributed by atoms with Crippen molar-refractivity contribution >= 4 is 5.91 Å². The van der Waals surface area contributed by atoms with Gasteiger partial charge in [0.2, 0.25) is 5.91 Å². The van der Waals surface area contributed by atoms with Gasteiger partial charge in [0.15, 0.2) is 11.5 Å². The van der Waals surface area contributed by atoms with Crippen molar-refractivity contribution in [2.45, 2.75) is 38.3 Å². The van der Waals surface area contributed by atoms with Crippen LogP contribution >= 0.6 is 0 Å². The van der Waals surface area contributed by atoms with Crippen molar-refractivity contribution in [1.29, 1.82) is 0 Å². The minimum Gasteiger partial charge on any atom is -0.493 e. The highest BCUT2D eigenvalue weighted by Gasteiger charge is 2.29. The summed E-state index contributed by atoms with van der Waals surface area (Å²) in [4.78, 5) is 14.7. The average Bonchev–Trinajstić information content (AvgIpc) is 3.17. The van der Waals surface area contributed by atoms with Gasteiger partial charge in [-0.25, -0.2) is 0 Å². The van der Waals surface area contributed by atoms with E-state index in [1.165, 1.54) is 0 Å². The van der Waals surface area contributed by atoms with E-state index >= 15 is 0 Å². The molecule has 6 nitrogen and oxygen atoms in total. The molecule has 0 N–H and O–H groups in total. The lowest BCUT2D eigenvalue weighted by Crippen LogP contribution is -2.44. The van der Waals surface area contributed by atoms with Gasteiger partial charge in [-0.05, 0) is 24.6 Å². The molecule has 0 unspecified atom stereocenters. The molecule has 0 bridgehead atoms. The number of para-hydroxylation sites is 2. The molecule has 3 rings (SSSR count). The fourth-order valence-corrected chi connectivity index (χ4v) is 3.24. The molecule has 6 heteroatoms. The molecular formula is C19H25N3O3. The van der Waals surface area contributed by atoms with E-state index in [0.29, 0.717) is 13.1 Å². The number of hydrogen-bond acceptors (Lipinski definition) is 4. The first-order valence-corrected chi connectivity index (χ1v) is 8.80. The fourth-order valence-electron chi connectivity index (χ4n) is 3.24. The van der Waals surface area contributed by atoms with Gasteiger partial charge in [0, 0.05) is 38.3 Å². The number of nitrogens with zero attached hydrogens (tertiary/aromatic N) is 3. The standard InChI is InChI=1S/C19H25N3O3/c1-3-16(22-12-6-11-20-22)19(23)21-13-9-15(10-14-21)25-18-8-5-4-7-17(18)24-2/h4-8,11-12,15-16H,3,9-10,13-14H2,1-2H3/t16-/m0/s1. The molecule has 0 saturated carbocycles. The van der Waals surface area contributed by atoms with Crippen LogP contribution in [0.2, 0.25) is 0 Å². The van der Waals surface area contributed by atoms with Crippen LogP contribution in [0.15, 0.2) is 42.7 Å². The Morgan fingerprint density at radius 2 is 1.96 bits per heavy atom. The van der Waals surface area contributed by atoms with Gasteiger partial charge in [0.25, 0.3) is 0 Å². The van der Waals surface area contributed by atoms with Crippen LogP contribution in [0.1, 0.15) is 32.2 Å². The maximum atomic E-state index is 12.8. The van der Waals surface area contributed by atoms with Crippen LogP contribution in [0.4, 0.5) is 0 Å². The van der Waals surface area contributed by atoms with Crippen molar-refractivity contribution < 1.29 is 14.3 Å². The predicted octanol–water partition coefficient (Wildman–Crippen LogP) is 2.91. The Morgan fingerprint density at radius 3 is 2.56 bits per heavy atom. The Kier molecular flexibility index (Phi) is 5.58. The number of carbonyl (C=O) groups excluding carboxylic acids is 1. The minimum atomic E-state index is -0.221. The van der Waals surface area contributed by atoms with Gasteiger partial charge in [-0.1, -0.05) is 19.1 Å². The second-order valence-corrected chi connectivity index (χ2v) is 6.20. The number of likely N-dealkylation sites (tertiary alicyclic amines) is 1. The van der Waals surface area contributed by atoms with E-state index in [1.807, 2.05) is 48.4 Å². The largest absolute Gasteiger partial charge is 0.493 e. The number of aromatic nitrogens is 2. The Labute approximate surface area is 148 Å². The van der Waals surface area contributed by atoms with E-state index in [2.05, 4.69) is 5.10 Å². The quantitative estimate of drug-likeness (QED) is 0.809. The zero-order valence-electron chi connectivity index (χ0n) is 14.8. The topological polar surface area (TPSA) is 56.6 Å². The summed E-state index contributed by atoms with van der Waals surface area (Å²) in [5.74, 6) is 1.64. The number of methoxy groups -OCH3 is 1. The van der Waals surface area contributed by atoms with E-state index in [0.717, 1.165) is 30.8 Å². The number of amides is 1. The summed E-state index contributed by atoms with van der Waals surface area (Å²) in [7, 11) is 1.64. The molecule has 1 atom stereocenters. The molecule has 1 aliphatic heterocycles. The van der Waals surface area contributed by atoms with Crippen molar-refractivity contribution in [1.82, 2.24) is 14.7 Å². The second kappa shape index (κ2) is 8.05. The van der Waals surface area contributed by atoms with Gasteiger partial charge in [-0.3, -0.25) is 9.48 Å². The molecule has 25 heavy (non-hydrogen) atoms. The number of carbonyl (C=O) groups is 1. The molecule has 0 aliphatic carbocycles. The molecule has 1 aromatic heterocycles. The molecule has 2 heterocycles. The summed E-state index contributed by atoms with van der Waals surface area (Å²) in [5, 5.41) is 4.22. The monoisotopic (exact) mass is 343 g/mol. The molecular weight excluding hydrogens is 318 g/mol. The second-order valence-electron chi connectivity index (χ2n) is 6.20. The Morgan fingerprint density at radius 1 is 1.24 bits per heavy atom. The van der Waals surface area contributed by atoms with E-state index in [4.69, 9.17) is 9.47 Å². The maximum Gasteiger partial charge on any atom is 0.247 e. The third-order valence-corrected chi connectivity index (χ3v) is 4.63. The first-order valence-electron chi connectivity index (χ1n) is 8.80. The summed E-state index contributed by atoms with van der Waals surface area (Å²) < 4.78 is 13.2. The molecule has 1 fully saturated rings. The zero-order valence-corrected chi connectivity index (χ0v) is 14.8. The van der Waals surface area contributed by atoms with Gasteiger partial charge < -0.3 is 14.4 Å². The normalized spacial score (nSPS) is 16.5. The van der Waals surface area contributed by atoms with Crippen molar-refractivity contribution in [3.63, 3.8) is 0 Å². The lowest BCUT2D eigenvalue weighted by Gasteiger charge is -2.34. The predicted molar refractivity (Wildman–Crippen MR) is 94.8 cm³/mol. The number of piperidine rings is 1. The SMILES string of the molecule is CC[C@@H](C(=O)N1CCC(Oc2ccccc2OC)CC1)n1cccn1. The summed E-state index contributed by atoms with van der Waals surface area (Å²) in [6.07, 6.45) is 6.04. The smallest absolute Gasteiger partial charge is 0.247 e. The molecule has 0 spiro atoms. The summed E-state index contributed by atoms with van der Waals surface area (Å²) in [5.41, 5.74) is 0. The zero-order chi connectivity index (χ0) is 17.6. The summed E-state index contributed by atoms with van der Waals surface area (Å²) in [6.45, 7) is 3.43. The lowest BCUT2D eigenvalue weighted by molar-refractivity contribution is -0.137. The molecule has 0 radical (unpaired) electrons. The molecule has 2 aromatic rings. The van der Waals surface area contributed by atoms with Crippen molar-refractivity contribution in [2.24, 2.45) is 0 Å². The third-order valence-electron chi connectivity index (χ3n) is 4.63. The van der Waals surface area contributed by atoms with Gasteiger partial charge in [0.05, 0.1) is 7.11 Å². The Balaban J connectivity index is 1.57. The van der Waals surface area contributed by atoms with Crippen LogP contribution in [-0.2, 0) is 4.79 Å². The van der Waals surface area contributed by atoms with E-state index < -0.39 is 0 Å². The van der Waals surface area contributed by atoms with Gasteiger partial charge in [-0.15, -0.1) is 0 Å². The third kappa shape index (κ3) is 3.95. The Bertz CT molecular complexity index is 679. The summed E-state index contributed by atoms with van der Waals surface area (Å²) >= 11 is 0. The van der Waals surface area contributed by atoms with Crippen LogP contribution in [0, 0.1) is 0 Å². The number of ether oxygens (including phenoxy) is 2. The van der Waals surface area contributed by atoms with E-state index in [9.17, 15) is 4.79 Å². The average molecular weight is 343 g/mol. The summed E-state index contributed by atoms with van der Waals surface area (Å²) in [6, 6.07) is 9.30. The highest BCUT2D eigenvalue weighted by Crippen LogP contribution is 2.29. The van der Waals surface area contributed by atoms with Gasteiger partial charge in [0.1, 0.15) is 12.1 Å². The van der Waals surface area contributed by atoms with Crippen LogP contribution in [0.3, 0.4) is 0 Å². The Hall–Kier alpha value is -2.50. The first-order chi connectivity index (χ1) is 12.2.